The summed E-state index contributed by atoms with van der Waals surface area (Å²) in [7, 11) is 0. The van der Waals surface area contributed by atoms with Crippen LogP contribution in [-0.4, -0.2) is 28.4 Å². The maximum absolute atomic E-state index is 14.6. The van der Waals surface area contributed by atoms with E-state index < -0.39 is 35.0 Å². The molecule has 1 aliphatic carbocycles. The zero-order chi connectivity index (χ0) is 28.3. The van der Waals surface area contributed by atoms with Crippen molar-refractivity contribution in [1.82, 2.24) is 9.88 Å². The van der Waals surface area contributed by atoms with Crippen LogP contribution in [0.25, 0.3) is 16.8 Å². The molecule has 1 aromatic heterocycles. The molecule has 1 saturated carbocycles. The molecule has 1 fully saturated rings. The fourth-order valence-electron chi connectivity index (χ4n) is 4.31. The molecule has 0 aliphatic heterocycles. The van der Waals surface area contributed by atoms with Crippen molar-refractivity contribution in [2.24, 2.45) is 0 Å². The van der Waals surface area contributed by atoms with Crippen LogP contribution >= 0.6 is 11.6 Å². The van der Waals surface area contributed by atoms with Gasteiger partial charge in [-0.05, 0) is 67.1 Å². The summed E-state index contributed by atoms with van der Waals surface area (Å²) in [6.07, 6.45) is -8.27. The summed E-state index contributed by atoms with van der Waals surface area (Å²) < 4.78 is 95.5. The molecule has 0 atom stereocenters. The lowest BCUT2D eigenvalue weighted by Crippen LogP contribution is -2.50. The Kier molecular flexibility index (Phi) is 6.55. The Morgan fingerprint density at radius 2 is 1.55 bits per heavy atom. The summed E-state index contributed by atoms with van der Waals surface area (Å²) in [5, 5.41) is 12.0. The Morgan fingerprint density at radius 1 is 0.974 bits per heavy atom. The smallest absolute Gasteiger partial charge is 0.334 e. The van der Waals surface area contributed by atoms with Gasteiger partial charge in [0.25, 0.3) is 5.91 Å². The van der Waals surface area contributed by atoms with Gasteiger partial charge in [-0.1, -0.05) is 29.8 Å². The molecular formula is C26H19ClF7N3O. The fraction of sp³-hybridized carbons (Fsp3) is 0.308. The van der Waals surface area contributed by atoms with Gasteiger partial charge in [0.15, 0.2) is 0 Å². The number of halogens is 8. The molecule has 1 aliphatic rings. The lowest BCUT2D eigenvalue weighted by Gasteiger charge is -2.31. The van der Waals surface area contributed by atoms with Crippen molar-refractivity contribution in [3.8, 4) is 22.9 Å². The Bertz CT molecular complexity index is 1430. The topological polar surface area (TPSA) is 57.8 Å². The minimum atomic E-state index is -6.21. The van der Waals surface area contributed by atoms with Crippen molar-refractivity contribution >= 4 is 17.5 Å². The molecule has 1 N–H and O–H groups in total. The molecular weight excluding hydrogens is 539 g/mol. The van der Waals surface area contributed by atoms with Crippen LogP contribution in [0.3, 0.4) is 0 Å². The Labute approximate surface area is 217 Å². The molecule has 0 saturated heterocycles. The van der Waals surface area contributed by atoms with Crippen molar-refractivity contribution < 1.29 is 35.5 Å². The van der Waals surface area contributed by atoms with Crippen LogP contribution in [0.15, 0.2) is 48.8 Å². The van der Waals surface area contributed by atoms with Crippen LogP contribution in [0.5, 0.6) is 0 Å². The van der Waals surface area contributed by atoms with Gasteiger partial charge in [-0.2, -0.15) is 31.6 Å². The number of alkyl halides is 7. The van der Waals surface area contributed by atoms with E-state index in [9.17, 15) is 40.8 Å². The SMILES string of the molecule is Cc1cc(C(F)(C(F)(F)F)C(F)(F)F)cc(C)c1-n1ccc(-c2ccc(Cl)c(C(=O)NC3(C#N)CC3)c2)c1. The van der Waals surface area contributed by atoms with Crippen molar-refractivity contribution in [1.29, 1.82) is 5.26 Å². The number of carbonyl (C=O) groups is 1. The lowest BCUT2D eigenvalue weighted by atomic mass is 9.90. The zero-order valence-corrected chi connectivity index (χ0v) is 20.6. The zero-order valence-electron chi connectivity index (χ0n) is 19.9. The van der Waals surface area contributed by atoms with Gasteiger partial charge in [0.1, 0.15) is 5.54 Å². The third kappa shape index (κ3) is 4.62. The number of benzene rings is 2. The number of nitrogens with one attached hydrogen (secondary N) is 1. The third-order valence-electron chi connectivity index (χ3n) is 6.48. The minimum Gasteiger partial charge on any atom is -0.334 e. The van der Waals surface area contributed by atoms with E-state index in [0.29, 0.717) is 36.1 Å². The van der Waals surface area contributed by atoms with E-state index in [-0.39, 0.29) is 27.4 Å². The quantitative estimate of drug-likeness (QED) is 0.330. The van der Waals surface area contributed by atoms with Crippen molar-refractivity contribution in [3.63, 3.8) is 0 Å². The molecule has 0 radical (unpaired) electrons. The first-order chi connectivity index (χ1) is 17.5. The largest absolute Gasteiger partial charge is 0.435 e. The van der Waals surface area contributed by atoms with Gasteiger partial charge >= 0.3 is 18.0 Å². The molecule has 200 valence electrons. The van der Waals surface area contributed by atoms with Gasteiger partial charge in [-0.15, -0.1) is 0 Å². The average molecular weight is 558 g/mol. The van der Waals surface area contributed by atoms with Gasteiger partial charge in [0, 0.05) is 18.0 Å². The predicted octanol–water partition coefficient (Wildman–Crippen LogP) is 7.49. The van der Waals surface area contributed by atoms with Gasteiger partial charge in [-0.25, -0.2) is 4.39 Å². The summed E-state index contributed by atoms with van der Waals surface area (Å²) in [6.45, 7) is 2.57. The molecule has 38 heavy (non-hydrogen) atoms. The normalized spacial score (nSPS) is 15.2. The summed E-state index contributed by atoms with van der Waals surface area (Å²) in [4.78, 5) is 12.7. The fourth-order valence-corrected chi connectivity index (χ4v) is 4.51. The monoisotopic (exact) mass is 557 g/mol. The highest BCUT2D eigenvalue weighted by Crippen LogP contribution is 2.53. The van der Waals surface area contributed by atoms with Gasteiger partial charge in [0.2, 0.25) is 0 Å². The first-order valence-corrected chi connectivity index (χ1v) is 11.6. The molecule has 3 aromatic rings. The molecule has 0 spiro atoms. The first kappa shape index (κ1) is 27.5. The van der Waals surface area contributed by atoms with E-state index in [1.807, 2.05) is 0 Å². The number of hydrogen-bond donors (Lipinski definition) is 1. The molecule has 1 amide bonds. The van der Waals surface area contributed by atoms with E-state index >= 15 is 0 Å². The second-order valence-electron chi connectivity index (χ2n) is 9.26. The third-order valence-corrected chi connectivity index (χ3v) is 6.81. The van der Waals surface area contributed by atoms with Crippen molar-refractivity contribution in [2.75, 3.05) is 0 Å². The molecule has 0 unspecified atom stereocenters. The van der Waals surface area contributed by atoms with E-state index in [2.05, 4.69) is 11.4 Å². The van der Waals surface area contributed by atoms with Crippen molar-refractivity contribution in [2.45, 2.75) is 50.2 Å². The number of aromatic nitrogens is 1. The maximum Gasteiger partial charge on any atom is 0.435 e. The van der Waals surface area contributed by atoms with Crippen LogP contribution in [0.2, 0.25) is 5.02 Å². The standard InChI is InChI=1S/C26H19ClF7N3O/c1-14-9-18(24(28,25(29,30)31)26(32,33)34)10-15(2)21(14)37-8-5-17(12-37)16-3-4-20(27)19(11-16)22(38)36-23(13-35)6-7-23/h3-5,8-12H,6-7H2,1-2H3,(H,36,38). The molecule has 0 bridgehead atoms. The van der Waals surface area contributed by atoms with Crippen LogP contribution in [0, 0.1) is 25.2 Å². The number of aryl methyl sites for hydroxylation is 2. The molecule has 4 rings (SSSR count). The van der Waals surface area contributed by atoms with Crippen LogP contribution in [-0.2, 0) is 5.67 Å². The molecule has 12 heteroatoms. The summed E-state index contributed by atoms with van der Waals surface area (Å²) in [5.41, 5.74) is -6.51. The minimum absolute atomic E-state index is 0.0138. The predicted molar refractivity (Wildman–Crippen MR) is 126 cm³/mol. The summed E-state index contributed by atoms with van der Waals surface area (Å²) in [6, 6.07) is 9.39. The Balaban J connectivity index is 1.70. The number of rotatable bonds is 5. The van der Waals surface area contributed by atoms with E-state index in [4.69, 9.17) is 11.6 Å². The second-order valence-corrected chi connectivity index (χ2v) is 9.67. The Hall–Kier alpha value is -3.52. The summed E-state index contributed by atoms with van der Waals surface area (Å²) in [5.74, 6) is -0.526. The van der Waals surface area contributed by atoms with Gasteiger partial charge in [-0.3, -0.25) is 4.79 Å². The van der Waals surface area contributed by atoms with Gasteiger partial charge < -0.3 is 9.88 Å². The Morgan fingerprint density at radius 3 is 2.05 bits per heavy atom. The summed E-state index contributed by atoms with van der Waals surface area (Å²) >= 11 is 6.19. The molecule has 4 nitrogen and oxygen atoms in total. The average Bonchev–Trinajstić information content (AvgIpc) is 3.42. The highest BCUT2D eigenvalue weighted by atomic mass is 35.5. The van der Waals surface area contributed by atoms with E-state index in [1.54, 1.807) is 18.3 Å². The number of amides is 1. The van der Waals surface area contributed by atoms with Crippen LogP contribution in [0.4, 0.5) is 30.7 Å². The number of hydrogen-bond acceptors (Lipinski definition) is 2. The van der Waals surface area contributed by atoms with Crippen LogP contribution < -0.4 is 5.32 Å². The maximum atomic E-state index is 14.6. The number of nitriles is 1. The number of carbonyl (C=O) groups excluding carboxylic acids is 1. The highest BCUT2D eigenvalue weighted by molar-refractivity contribution is 6.34. The van der Waals surface area contributed by atoms with Gasteiger partial charge in [0.05, 0.1) is 22.3 Å². The molecule has 2 aromatic carbocycles. The molecule has 1 heterocycles. The number of nitrogens with zero attached hydrogens (tertiary/aromatic N) is 2. The van der Waals surface area contributed by atoms with Crippen LogP contribution in [0.1, 0.15) is 39.9 Å². The van der Waals surface area contributed by atoms with E-state index in [0.717, 1.165) is 0 Å². The second kappa shape index (κ2) is 9.05. The van der Waals surface area contributed by atoms with Crippen molar-refractivity contribution in [3.05, 3.63) is 76.1 Å². The highest BCUT2D eigenvalue weighted by Gasteiger charge is 2.73. The lowest BCUT2D eigenvalue weighted by molar-refractivity contribution is -0.348. The first-order valence-electron chi connectivity index (χ1n) is 11.2. The van der Waals surface area contributed by atoms with E-state index in [1.165, 1.54) is 36.7 Å².